The van der Waals surface area contributed by atoms with Crippen molar-refractivity contribution in [1.29, 1.82) is 0 Å². The summed E-state index contributed by atoms with van der Waals surface area (Å²) in [6.07, 6.45) is 42.7. The number of carboxylic acid groups (broad SMARTS) is 1. The number of carboxylic acids is 1. The molecule has 0 aromatic rings. The smallest absolute Gasteiger partial charge is 0.328 e. The van der Waals surface area contributed by atoms with Crippen LogP contribution in [0.3, 0.4) is 0 Å². The monoisotopic (exact) mass is 781 g/mol. The first kappa shape index (κ1) is 52.8. The van der Waals surface area contributed by atoms with Gasteiger partial charge in [-0.1, -0.05) is 194 Å². The SMILES string of the molecule is CCCCCCCCCCCCCCCCC(=O)OC(CCCCCCCCCCCCCCC)CCCCCCCC(=O)NCC(=O)NC(CO)C(=O)O. The van der Waals surface area contributed by atoms with Crippen molar-refractivity contribution in [2.45, 2.75) is 257 Å². The van der Waals surface area contributed by atoms with Gasteiger partial charge in [0.2, 0.25) is 11.8 Å². The maximum Gasteiger partial charge on any atom is 0.328 e. The number of hydrogen-bond acceptors (Lipinski definition) is 6. The molecule has 2 atom stereocenters. The average molecular weight is 781 g/mol. The molecule has 9 heteroatoms. The molecule has 0 aromatic heterocycles. The van der Waals surface area contributed by atoms with Gasteiger partial charge in [0.25, 0.3) is 0 Å². The van der Waals surface area contributed by atoms with Gasteiger partial charge in [0, 0.05) is 12.8 Å². The lowest BCUT2D eigenvalue weighted by Crippen LogP contribution is -2.47. The first-order valence-electron chi connectivity index (χ1n) is 23.4. The summed E-state index contributed by atoms with van der Waals surface area (Å²) in [5.74, 6) is -2.27. The fourth-order valence-electron chi connectivity index (χ4n) is 7.25. The number of rotatable bonds is 43. The van der Waals surface area contributed by atoms with E-state index in [0.29, 0.717) is 19.3 Å². The lowest BCUT2D eigenvalue weighted by molar-refractivity contribution is -0.150. The molecule has 324 valence electrons. The van der Waals surface area contributed by atoms with Gasteiger partial charge in [-0.15, -0.1) is 0 Å². The lowest BCUT2D eigenvalue weighted by Gasteiger charge is -2.18. The molecule has 2 amide bonds. The summed E-state index contributed by atoms with van der Waals surface area (Å²) in [6.45, 7) is 3.51. The molecule has 0 saturated heterocycles. The zero-order valence-corrected chi connectivity index (χ0v) is 36.0. The normalized spacial score (nSPS) is 12.3. The molecule has 4 N–H and O–H groups in total. The van der Waals surface area contributed by atoms with E-state index in [9.17, 15) is 19.2 Å². The van der Waals surface area contributed by atoms with Crippen molar-refractivity contribution in [2.75, 3.05) is 13.2 Å². The zero-order chi connectivity index (χ0) is 40.5. The van der Waals surface area contributed by atoms with Gasteiger partial charge in [0.1, 0.15) is 12.1 Å². The third-order valence-electron chi connectivity index (χ3n) is 10.9. The summed E-state index contributed by atoms with van der Waals surface area (Å²) in [5.41, 5.74) is 0. The summed E-state index contributed by atoms with van der Waals surface area (Å²) >= 11 is 0. The Labute approximate surface area is 338 Å². The molecule has 0 aliphatic heterocycles. The van der Waals surface area contributed by atoms with Crippen molar-refractivity contribution in [1.82, 2.24) is 10.6 Å². The number of amides is 2. The highest BCUT2D eigenvalue weighted by molar-refractivity contribution is 5.87. The number of unbranched alkanes of at least 4 members (excludes halogenated alkanes) is 29. The van der Waals surface area contributed by atoms with Crippen LogP contribution in [-0.4, -0.2) is 59.3 Å². The van der Waals surface area contributed by atoms with Crippen molar-refractivity contribution in [3.05, 3.63) is 0 Å². The van der Waals surface area contributed by atoms with E-state index in [1.54, 1.807) is 0 Å². The van der Waals surface area contributed by atoms with E-state index in [2.05, 4.69) is 24.5 Å². The summed E-state index contributed by atoms with van der Waals surface area (Å²) in [5, 5.41) is 22.6. The molecule has 55 heavy (non-hydrogen) atoms. The number of hydrogen-bond donors (Lipinski definition) is 4. The van der Waals surface area contributed by atoms with Gasteiger partial charge >= 0.3 is 11.9 Å². The highest BCUT2D eigenvalue weighted by atomic mass is 16.5. The van der Waals surface area contributed by atoms with E-state index in [1.807, 2.05) is 0 Å². The summed E-state index contributed by atoms with van der Waals surface area (Å²) in [6, 6.07) is -1.38. The molecule has 0 spiro atoms. The van der Waals surface area contributed by atoms with Crippen LogP contribution < -0.4 is 10.6 Å². The second-order valence-corrected chi connectivity index (χ2v) is 16.2. The van der Waals surface area contributed by atoms with E-state index in [-0.39, 0.29) is 24.5 Å². The number of ether oxygens (including phenoxy) is 1. The van der Waals surface area contributed by atoms with Crippen molar-refractivity contribution in [2.24, 2.45) is 0 Å². The average Bonchev–Trinajstić information content (AvgIpc) is 3.17. The largest absolute Gasteiger partial charge is 0.480 e. The van der Waals surface area contributed by atoms with E-state index in [1.165, 1.54) is 154 Å². The molecule has 9 nitrogen and oxygen atoms in total. The number of nitrogens with one attached hydrogen (secondary N) is 2. The zero-order valence-electron chi connectivity index (χ0n) is 36.0. The van der Waals surface area contributed by atoms with Crippen LogP contribution in [0.1, 0.15) is 245 Å². The van der Waals surface area contributed by atoms with Gasteiger partial charge in [0.05, 0.1) is 13.2 Å². The van der Waals surface area contributed by atoms with Crippen LogP contribution in [0.25, 0.3) is 0 Å². The Morgan fingerprint density at radius 2 is 0.818 bits per heavy atom. The van der Waals surface area contributed by atoms with Crippen LogP contribution >= 0.6 is 0 Å². The van der Waals surface area contributed by atoms with E-state index in [0.717, 1.165) is 57.8 Å². The molecule has 0 saturated carbocycles. The quantitative estimate of drug-likeness (QED) is 0.0356. The number of aliphatic hydroxyl groups is 1. The Bertz CT molecular complexity index is 900. The first-order valence-corrected chi connectivity index (χ1v) is 23.4. The minimum Gasteiger partial charge on any atom is -0.480 e. The fraction of sp³-hybridized carbons (Fsp3) is 0.913. The van der Waals surface area contributed by atoms with Crippen molar-refractivity contribution in [3.63, 3.8) is 0 Å². The second kappa shape index (κ2) is 41.5. The Kier molecular flexibility index (Phi) is 39.8. The molecule has 0 bridgehead atoms. The summed E-state index contributed by atoms with van der Waals surface area (Å²) < 4.78 is 6.05. The molecule has 0 heterocycles. The minimum atomic E-state index is -1.38. The Balaban J connectivity index is 4.27. The van der Waals surface area contributed by atoms with Crippen LogP contribution in [0.2, 0.25) is 0 Å². The third-order valence-corrected chi connectivity index (χ3v) is 10.9. The van der Waals surface area contributed by atoms with Crippen LogP contribution in [-0.2, 0) is 23.9 Å². The van der Waals surface area contributed by atoms with Crippen molar-refractivity contribution < 1.29 is 34.1 Å². The van der Waals surface area contributed by atoms with Crippen LogP contribution in [0, 0.1) is 0 Å². The van der Waals surface area contributed by atoms with E-state index < -0.39 is 24.5 Å². The highest BCUT2D eigenvalue weighted by Gasteiger charge is 2.19. The Morgan fingerprint density at radius 1 is 0.473 bits per heavy atom. The number of aliphatic hydroxyl groups excluding tert-OH is 1. The van der Waals surface area contributed by atoms with Gasteiger partial charge in [-0.25, -0.2) is 4.79 Å². The van der Waals surface area contributed by atoms with E-state index >= 15 is 0 Å². The standard InChI is InChI=1S/C46H88N2O7/c1-3-5-7-9-11-13-15-17-19-21-23-25-30-34-38-45(52)55-41(35-31-27-24-22-20-18-16-14-12-10-8-6-4-2)36-32-28-26-29-33-37-43(50)47-39-44(51)48-42(40-49)46(53)54/h41-42,49H,3-40H2,1-2H3,(H,47,50)(H,48,51)(H,53,54). The van der Waals surface area contributed by atoms with Gasteiger partial charge in [-0.05, 0) is 38.5 Å². The van der Waals surface area contributed by atoms with Gasteiger partial charge in [-0.2, -0.15) is 0 Å². The predicted molar refractivity (Wildman–Crippen MR) is 227 cm³/mol. The number of aliphatic carboxylic acids is 1. The topological polar surface area (TPSA) is 142 Å². The Morgan fingerprint density at radius 3 is 1.18 bits per heavy atom. The molecule has 2 unspecified atom stereocenters. The molecule has 0 radical (unpaired) electrons. The molecule has 0 aromatic carbocycles. The lowest BCUT2D eigenvalue weighted by atomic mass is 10.0. The van der Waals surface area contributed by atoms with Gasteiger partial charge < -0.3 is 25.6 Å². The summed E-state index contributed by atoms with van der Waals surface area (Å²) in [7, 11) is 0. The van der Waals surface area contributed by atoms with Gasteiger partial charge in [0.15, 0.2) is 0 Å². The fourth-order valence-corrected chi connectivity index (χ4v) is 7.25. The van der Waals surface area contributed by atoms with E-state index in [4.69, 9.17) is 14.9 Å². The number of carbonyl (C=O) groups is 4. The van der Waals surface area contributed by atoms with Crippen molar-refractivity contribution >= 4 is 23.8 Å². The molecule has 0 fully saturated rings. The molecule has 0 rings (SSSR count). The van der Waals surface area contributed by atoms with Crippen LogP contribution in [0.15, 0.2) is 0 Å². The summed E-state index contributed by atoms with van der Waals surface area (Å²) in [4.78, 5) is 47.6. The molecule has 0 aliphatic carbocycles. The van der Waals surface area contributed by atoms with Crippen LogP contribution in [0.4, 0.5) is 0 Å². The maximum absolute atomic E-state index is 12.8. The molecule has 0 aliphatic rings. The number of carbonyl (C=O) groups excluding carboxylic acids is 3. The van der Waals surface area contributed by atoms with Crippen LogP contribution in [0.5, 0.6) is 0 Å². The molecular weight excluding hydrogens is 693 g/mol. The maximum atomic E-state index is 12.8. The van der Waals surface area contributed by atoms with Crippen molar-refractivity contribution in [3.8, 4) is 0 Å². The number of esters is 1. The Hall–Kier alpha value is -2.16. The minimum absolute atomic E-state index is 0.00432. The second-order valence-electron chi connectivity index (χ2n) is 16.2. The predicted octanol–water partition coefficient (Wildman–Crippen LogP) is 11.7. The molecular formula is C46H88N2O7. The third kappa shape index (κ3) is 38.5. The first-order chi connectivity index (χ1) is 26.8. The highest BCUT2D eigenvalue weighted by Crippen LogP contribution is 2.19. The van der Waals surface area contributed by atoms with Gasteiger partial charge in [-0.3, -0.25) is 14.4 Å².